The fourth-order valence-electron chi connectivity index (χ4n) is 1.99. The first-order valence-corrected chi connectivity index (χ1v) is 5.67. The zero-order valence-electron chi connectivity index (χ0n) is 10.1. The summed E-state index contributed by atoms with van der Waals surface area (Å²) in [6.07, 6.45) is 0. The predicted octanol–water partition coefficient (Wildman–Crippen LogP) is 3.49. The summed E-state index contributed by atoms with van der Waals surface area (Å²) in [5, 5.41) is 0. The van der Waals surface area contributed by atoms with Crippen LogP contribution in [0.25, 0.3) is 0 Å². The van der Waals surface area contributed by atoms with Gasteiger partial charge in [-0.1, -0.05) is 42.0 Å². The highest BCUT2D eigenvalue weighted by atomic mass is 19.1. The van der Waals surface area contributed by atoms with E-state index in [0.717, 1.165) is 16.7 Å². The summed E-state index contributed by atoms with van der Waals surface area (Å²) in [6.45, 7) is 4.01. The molecule has 0 aromatic heterocycles. The van der Waals surface area contributed by atoms with Gasteiger partial charge in [0.25, 0.3) is 0 Å². The largest absolute Gasteiger partial charge is 0.320 e. The second-order valence-corrected chi connectivity index (χ2v) is 4.36. The second kappa shape index (κ2) is 4.68. The van der Waals surface area contributed by atoms with E-state index in [2.05, 4.69) is 0 Å². The molecule has 2 rings (SSSR count). The summed E-state index contributed by atoms with van der Waals surface area (Å²) in [7, 11) is 0. The SMILES string of the molecule is Cc1ccc(C)c(C(N)c2ccccc2F)c1. The molecule has 88 valence electrons. The van der Waals surface area contributed by atoms with Crippen LogP contribution in [-0.4, -0.2) is 0 Å². The minimum absolute atomic E-state index is 0.249. The average Bonchev–Trinajstić information content (AvgIpc) is 2.32. The van der Waals surface area contributed by atoms with Crippen LogP contribution in [0.3, 0.4) is 0 Å². The molecule has 0 heterocycles. The van der Waals surface area contributed by atoms with Gasteiger partial charge in [-0.2, -0.15) is 0 Å². The molecule has 0 bridgehead atoms. The van der Waals surface area contributed by atoms with Crippen LogP contribution in [0.2, 0.25) is 0 Å². The summed E-state index contributed by atoms with van der Waals surface area (Å²) < 4.78 is 13.7. The third-order valence-electron chi connectivity index (χ3n) is 3.01. The number of halogens is 1. The smallest absolute Gasteiger partial charge is 0.128 e. The number of nitrogens with two attached hydrogens (primary N) is 1. The Kier molecular flexibility index (Phi) is 3.25. The number of hydrogen-bond donors (Lipinski definition) is 1. The summed E-state index contributed by atoms with van der Waals surface area (Å²) in [5.41, 5.74) is 9.90. The highest BCUT2D eigenvalue weighted by Gasteiger charge is 2.14. The Morgan fingerprint density at radius 3 is 2.41 bits per heavy atom. The molecular formula is C15H16FN. The van der Waals surface area contributed by atoms with Gasteiger partial charge in [0.15, 0.2) is 0 Å². The summed E-state index contributed by atoms with van der Waals surface area (Å²) in [6, 6.07) is 12.3. The van der Waals surface area contributed by atoms with E-state index in [1.807, 2.05) is 38.1 Å². The highest BCUT2D eigenvalue weighted by molar-refractivity contribution is 5.39. The lowest BCUT2D eigenvalue weighted by Gasteiger charge is -2.16. The van der Waals surface area contributed by atoms with Crippen LogP contribution in [0.4, 0.5) is 4.39 Å². The lowest BCUT2D eigenvalue weighted by Crippen LogP contribution is -2.15. The predicted molar refractivity (Wildman–Crippen MR) is 68.3 cm³/mol. The Balaban J connectivity index is 2.47. The molecule has 0 amide bonds. The molecule has 1 nitrogen and oxygen atoms in total. The summed E-state index contributed by atoms with van der Waals surface area (Å²) in [4.78, 5) is 0. The Labute approximate surface area is 101 Å². The maximum atomic E-state index is 13.7. The molecule has 0 aliphatic heterocycles. The molecule has 17 heavy (non-hydrogen) atoms. The van der Waals surface area contributed by atoms with Crippen LogP contribution >= 0.6 is 0 Å². The molecule has 2 heteroatoms. The molecular weight excluding hydrogens is 213 g/mol. The number of aryl methyl sites for hydroxylation is 2. The maximum Gasteiger partial charge on any atom is 0.128 e. The molecule has 2 aromatic rings. The molecule has 2 N–H and O–H groups in total. The molecule has 0 saturated heterocycles. The molecule has 0 saturated carbocycles. The van der Waals surface area contributed by atoms with E-state index >= 15 is 0 Å². The van der Waals surface area contributed by atoms with E-state index in [9.17, 15) is 4.39 Å². The van der Waals surface area contributed by atoms with Crippen molar-refractivity contribution in [3.63, 3.8) is 0 Å². The summed E-state index contributed by atoms with van der Waals surface area (Å²) >= 11 is 0. The fraction of sp³-hybridized carbons (Fsp3) is 0.200. The van der Waals surface area contributed by atoms with E-state index < -0.39 is 6.04 Å². The summed E-state index contributed by atoms with van der Waals surface area (Å²) in [5.74, 6) is -0.249. The lowest BCUT2D eigenvalue weighted by molar-refractivity contribution is 0.599. The van der Waals surface area contributed by atoms with Gasteiger partial charge in [0, 0.05) is 5.56 Å². The van der Waals surface area contributed by atoms with E-state index in [4.69, 9.17) is 5.73 Å². The van der Waals surface area contributed by atoms with Gasteiger partial charge in [-0.05, 0) is 31.0 Å². The van der Waals surface area contributed by atoms with Crippen LogP contribution in [-0.2, 0) is 0 Å². The van der Waals surface area contributed by atoms with E-state index in [1.54, 1.807) is 12.1 Å². The van der Waals surface area contributed by atoms with Crippen molar-refractivity contribution in [3.8, 4) is 0 Å². The minimum Gasteiger partial charge on any atom is -0.320 e. The van der Waals surface area contributed by atoms with Crippen LogP contribution in [0.15, 0.2) is 42.5 Å². The Hall–Kier alpha value is -1.67. The van der Waals surface area contributed by atoms with Crippen molar-refractivity contribution in [3.05, 3.63) is 70.5 Å². The standard InChI is InChI=1S/C15H16FN/c1-10-7-8-11(2)13(9-10)15(17)12-5-3-4-6-14(12)16/h3-9,15H,17H2,1-2H3. The number of benzene rings is 2. The van der Waals surface area contributed by atoms with Crippen LogP contribution < -0.4 is 5.73 Å². The first kappa shape index (κ1) is 11.8. The Bertz CT molecular complexity index is 534. The maximum absolute atomic E-state index is 13.7. The van der Waals surface area contributed by atoms with Gasteiger partial charge < -0.3 is 5.73 Å². The van der Waals surface area contributed by atoms with Crippen molar-refractivity contribution in [2.24, 2.45) is 5.73 Å². The highest BCUT2D eigenvalue weighted by Crippen LogP contribution is 2.25. The monoisotopic (exact) mass is 229 g/mol. The van der Waals surface area contributed by atoms with Crippen LogP contribution in [0, 0.1) is 19.7 Å². The second-order valence-electron chi connectivity index (χ2n) is 4.36. The fourth-order valence-corrected chi connectivity index (χ4v) is 1.99. The van der Waals surface area contributed by atoms with Crippen LogP contribution in [0.1, 0.15) is 28.3 Å². The zero-order chi connectivity index (χ0) is 12.4. The average molecular weight is 229 g/mol. The topological polar surface area (TPSA) is 26.0 Å². The van der Waals surface area contributed by atoms with E-state index in [0.29, 0.717) is 5.56 Å². The van der Waals surface area contributed by atoms with Crippen molar-refractivity contribution < 1.29 is 4.39 Å². The van der Waals surface area contributed by atoms with Crippen LogP contribution in [0.5, 0.6) is 0 Å². The molecule has 1 unspecified atom stereocenters. The first-order chi connectivity index (χ1) is 8.09. The van der Waals surface area contributed by atoms with Crippen molar-refractivity contribution in [2.75, 3.05) is 0 Å². The normalized spacial score (nSPS) is 12.5. The van der Waals surface area contributed by atoms with Gasteiger partial charge >= 0.3 is 0 Å². The van der Waals surface area contributed by atoms with Crippen molar-refractivity contribution in [1.82, 2.24) is 0 Å². The first-order valence-electron chi connectivity index (χ1n) is 5.67. The van der Waals surface area contributed by atoms with E-state index in [-0.39, 0.29) is 5.82 Å². The molecule has 0 radical (unpaired) electrons. The van der Waals surface area contributed by atoms with Gasteiger partial charge in [-0.15, -0.1) is 0 Å². The van der Waals surface area contributed by atoms with Crippen molar-refractivity contribution in [2.45, 2.75) is 19.9 Å². The molecule has 0 spiro atoms. The third-order valence-corrected chi connectivity index (χ3v) is 3.01. The number of rotatable bonds is 2. The van der Waals surface area contributed by atoms with Gasteiger partial charge in [0.1, 0.15) is 5.82 Å². The van der Waals surface area contributed by atoms with E-state index in [1.165, 1.54) is 6.07 Å². The molecule has 0 aliphatic carbocycles. The Morgan fingerprint density at radius 1 is 1.00 bits per heavy atom. The Morgan fingerprint density at radius 2 is 1.71 bits per heavy atom. The quantitative estimate of drug-likeness (QED) is 0.838. The molecule has 0 aliphatic rings. The molecule has 1 atom stereocenters. The minimum atomic E-state index is -0.406. The lowest BCUT2D eigenvalue weighted by atomic mass is 9.94. The van der Waals surface area contributed by atoms with Gasteiger partial charge in [-0.3, -0.25) is 0 Å². The van der Waals surface area contributed by atoms with Crippen molar-refractivity contribution in [1.29, 1.82) is 0 Å². The third kappa shape index (κ3) is 2.37. The van der Waals surface area contributed by atoms with Crippen molar-refractivity contribution >= 4 is 0 Å². The molecule has 2 aromatic carbocycles. The van der Waals surface area contributed by atoms with Gasteiger partial charge in [-0.25, -0.2) is 4.39 Å². The number of hydrogen-bond acceptors (Lipinski definition) is 1. The van der Waals surface area contributed by atoms with Gasteiger partial charge in [0.2, 0.25) is 0 Å². The van der Waals surface area contributed by atoms with Gasteiger partial charge in [0.05, 0.1) is 6.04 Å². The molecule has 0 fully saturated rings. The zero-order valence-corrected chi connectivity index (χ0v) is 10.1.